The highest BCUT2D eigenvalue weighted by Crippen LogP contribution is 2.30. The second kappa shape index (κ2) is 11.5. The fraction of sp³-hybridized carbons (Fsp3) is 0.609. The summed E-state index contributed by atoms with van der Waals surface area (Å²) in [4.78, 5) is 12.7. The summed E-state index contributed by atoms with van der Waals surface area (Å²) < 4.78 is 29.5. The van der Waals surface area contributed by atoms with Gasteiger partial charge in [-0.2, -0.15) is 4.31 Å². The Hall–Kier alpha value is -1.91. The number of benzene rings is 1. The SMILES string of the molecule is CCC(C)n1c(SCC(=O)NC2CCCC2)nnc1-c1cccc(S(=O)(=O)N(CC)CC)c1. The summed E-state index contributed by atoms with van der Waals surface area (Å²) in [5.41, 5.74) is 0.693. The molecule has 1 N–H and O–H groups in total. The molecule has 2 aromatic rings. The molecule has 0 radical (unpaired) electrons. The second-order valence-electron chi connectivity index (χ2n) is 8.39. The molecule has 0 saturated heterocycles. The molecule has 1 unspecified atom stereocenters. The number of nitrogens with one attached hydrogen (secondary N) is 1. The second-order valence-corrected chi connectivity index (χ2v) is 11.3. The van der Waals surface area contributed by atoms with E-state index in [2.05, 4.69) is 29.4 Å². The molecule has 1 fully saturated rings. The maximum Gasteiger partial charge on any atom is 0.243 e. The van der Waals surface area contributed by atoms with Crippen LogP contribution in [-0.2, 0) is 14.8 Å². The van der Waals surface area contributed by atoms with Crippen molar-refractivity contribution < 1.29 is 13.2 Å². The molecule has 33 heavy (non-hydrogen) atoms. The van der Waals surface area contributed by atoms with Crippen LogP contribution in [-0.4, -0.2) is 58.3 Å². The normalized spacial score (nSPS) is 15.8. The first kappa shape index (κ1) is 25.7. The molecular formula is C23H35N5O3S2. The quantitative estimate of drug-likeness (QED) is 0.474. The lowest BCUT2D eigenvalue weighted by Crippen LogP contribution is -2.33. The zero-order valence-corrected chi connectivity index (χ0v) is 21.6. The number of thioether (sulfide) groups is 1. The molecule has 1 amide bonds. The van der Waals surface area contributed by atoms with E-state index >= 15 is 0 Å². The van der Waals surface area contributed by atoms with Crippen molar-refractivity contribution >= 4 is 27.7 Å². The molecule has 1 atom stereocenters. The van der Waals surface area contributed by atoms with E-state index in [9.17, 15) is 13.2 Å². The van der Waals surface area contributed by atoms with Gasteiger partial charge in [0.15, 0.2) is 11.0 Å². The Morgan fingerprint density at radius 2 is 1.91 bits per heavy atom. The van der Waals surface area contributed by atoms with Crippen molar-refractivity contribution in [2.24, 2.45) is 0 Å². The molecule has 1 aromatic heterocycles. The first-order chi connectivity index (χ1) is 15.8. The van der Waals surface area contributed by atoms with Crippen LogP contribution in [0, 0.1) is 0 Å². The van der Waals surface area contributed by atoms with Gasteiger partial charge in [-0.15, -0.1) is 10.2 Å². The lowest BCUT2D eigenvalue weighted by Gasteiger charge is -2.19. The summed E-state index contributed by atoms with van der Waals surface area (Å²) in [6, 6.07) is 7.26. The Balaban J connectivity index is 1.86. The van der Waals surface area contributed by atoms with Crippen molar-refractivity contribution in [2.75, 3.05) is 18.8 Å². The third-order valence-electron chi connectivity index (χ3n) is 6.18. The van der Waals surface area contributed by atoms with Gasteiger partial charge < -0.3 is 5.32 Å². The Morgan fingerprint density at radius 3 is 2.55 bits per heavy atom. The summed E-state index contributed by atoms with van der Waals surface area (Å²) >= 11 is 1.37. The third-order valence-corrected chi connectivity index (χ3v) is 9.17. The van der Waals surface area contributed by atoms with Crippen molar-refractivity contribution in [3.63, 3.8) is 0 Å². The fourth-order valence-electron chi connectivity index (χ4n) is 4.13. The smallest absolute Gasteiger partial charge is 0.243 e. The number of sulfonamides is 1. The van der Waals surface area contributed by atoms with E-state index in [1.807, 2.05) is 24.5 Å². The van der Waals surface area contributed by atoms with Crippen LogP contribution < -0.4 is 5.32 Å². The number of carbonyl (C=O) groups is 1. The van der Waals surface area contributed by atoms with E-state index in [1.54, 1.807) is 18.2 Å². The topological polar surface area (TPSA) is 97.2 Å². The van der Waals surface area contributed by atoms with E-state index in [-0.39, 0.29) is 28.6 Å². The third kappa shape index (κ3) is 5.96. The van der Waals surface area contributed by atoms with Crippen LogP contribution in [0.4, 0.5) is 0 Å². The van der Waals surface area contributed by atoms with Crippen molar-refractivity contribution in [3.05, 3.63) is 24.3 Å². The van der Waals surface area contributed by atoms with Crippen LogP contribution in [0.1, 0.15) is 65.8 Å². The summed E-state index contributed by atoms with van der Waals surface area (Å²) in [6.07, 6.45) is 5.30. The first-order valence-electron chi connectivity index (χ1n) is 11.8. The molecule has 1 heterocycles. The maximum atomic E-state index is 13.0. The molecule has 0 bridgehead atoms. The van der Waals surface area contributed by atoms with E-state index in [1.165, 1.54) is 28.9 Å². The van der Waals surface area contributed by atoms with Crippen LogP contribution in [0.2, 0.25) is 0 Å². The van der Waals surface area contributed by atoms with Gasteiger partial charge in [0.05, 0.1) is 10.6 Å². The molecule has 1 aromatic carbocycles. The number of carbonyl (C=O) groups excluding carboxylic acids is 1. The van der Waals surface area contributed by atoms with Crippen LogP contribution in [0.15, 0.2) is 34.3 Å². The van der Waals surface area contributed by atoms with Gasteiger partial charge in [0, 0.05) is 30.7 Å². The molecular weight excluding hydrogens is 458 g/mol. The van der Waals surface area contributed by atoms with Gasteiger partial charge in [-0.25, -0.2) is 8.42 Å². The average molecular weight is 494 g/mol. The lowest BCUT2D eigenvalue weighted by molar-refractivity contribution is -0.119. The zero-order chi connectivity index (χ0) is 24.0. The van der Waals surface area contributed by atoms with Crippen molar-refractivity contribution in [3.8, 4) is 11.4 Å². The Morgan fingerprint density at radius 1 is 1.21 bits per heavy atom. The summed E-state index contributed by atoms with van der Waals surface area (Å²) in [5.74, 6) is 0.903. The Kier molecular flexibility index (Phi) is 8.95. The number of hydrogen-bond acceptors (Lipinski definition) is 6. The summed E-state index contributed by atoms with van der Waals surface area (Å²) in [7, 11) is -3.58. The Bertz CT molecular complexity index is 1040. The predicted octanol–water partition coefficient (Wildman–Crippen LogP) is 4.10. The van der Waals surface area contributed by atoms with Gasteiger partial charge in [-0.1, -0.05) is 57.5 Å². The monoisotopic (exact) mass is 493 g/mol. The molecule has 0 aliphatic heterocycles. The molecule has 8 nitrogen and oxygen atoms in total. The molecule has 1 saturated carbocycles. The fourth-order valence-corrected chi connectivity index (χ4v) is 6.48. The van der Waals surface area contributed by atoms with Crippen molar-refractivity contribution in [2.45, 2.75) is 81.9 Å². The zero-order valence-electron chi connectivity index (χ0n) is 20.0. The van der Waals surface area contributed by atoms with Crippen LogP contribution in [0.25, 0.3) is 11.4 Å². The minimum Gasteiger partial charge on any atom is -0.353 e. The molecule has 1 aliphatic carbocycles. The van der Waals surface area contributed by atoms with Gasteiger partial charge in [0.25, 0.3) is 0 Å². The molecule has 0 spiro atoms. The minimum atomic E-state index is -3.58. The number of aromatic nitrogens is 3. The van der Waals surface area contributed by atoms with Gasteiger partial charge in [-0.05, 0) is 38.3 Å². The van der Waals surface area contributed by atoms with Gasteiger partial charge >= 0.3 is 0 Å². The van der Waals surface area contributed by atoms with Crippen LogP contribution in [0.5, 0.6) is 0 Å². The molecule has 3 rings (SSSR count). The van der Waals surface area contributed by atoms with Gasteiger partial charge in [0.2, 0.25) is 15.9 Å². The number of rotatable bonds is 11. The highest BCUT2D eigenvalue weighted by molar-refractivity contribution is 7.99. The van der Waals surface area contributed by atoms with Crippen LogP contribution >= 0.6 is 11.8 Å². The number of hydrogen-bond donors (Lipinski definition) is 1. The largest absolute Gasteiger partial charge is 0.353 e. The average Bonchev–Trinajstić information content (AvgIpc) is 3.47. The summed E-state index contributed by atoms with van der Waals surface area (Å²) in [6.45, 7) is 8.64. The number of nitrogens with zero attached hydrogens (tertiary/aromatic N) is 4. The summed E-state index contributed by atoms with van der Waals surface area (Å²) in [5, 5.41) is 12.5. The van der Waals surface area contributed by atoms with Crippen molar-refractivity contribution in [1.82, 2.24) is 24.4 Å². The van der Waals surface area contributed by atoms with Crippen LogP contribution in [0.3, 0.4) is 0 Å². The highest BCUT2D eigenvalue weighted by atomic mass is 32.2. The van der Waals surface area contributed by atoms with E-state index in [4.69, 9.17) is 0 Å². The van der Waals surface area contributed by atoms with Gasteiger partial charge in [-0.3, -0.25) is 9.36 Å². The van der Waals surface area contributed by atoms with E-state index < -0.39 is 10.0 Å². The van der Waals surface area contributed by atoms with E-state index in [0.717, 1.165) is 19.3 Å². The Labute approximate surface area is 201 Å². The van der Waals surface area contributed by atoms with E-state index in [0.29, 0.717) is 29.6 Å². The number of amides is 1. The molecule has 1 aliphatic rings. The van der Waals surface area contributed by atoms with Gasteiger partial charge in [0.1, 0.15) is 0 Å². The van der Waals surface area contributed by atoms with Crippen molar-refractivity contribution in [1.29, 1.82) is 0 Å². The lowest BCUT2D eigenvalue weighted by atomic mass is 10.2. The minimum absolute atomic E-state index is 0.0134. The molecule has 182 valence electrons. The first-order valence-corrected chi connectivity index (χ1v) is 14.2. The molecule has 10 heteroatoms. The predicted molar refractivity (Wildman–Crippen MR) is 132 cm³/mol. The highest BCUT2D eigenvalue weighted by Gasteiger charge is 2.25. The standard InChI is InChI=1S/C23H35N5O3S2/c1-5-17(4)28-22(18-11-10-14-20(15-18)33(30,31)27(6-2)7-3)25-26-23(28)32-16-21(29)24-19-12-8-9-13-19/h10-11,14-15,17,19H,5-9,12-13,16H2,1-4H3,(H,24,29). The maximum absolute atomic E-state index is 13.0.